The third-order valence-corrected chi connectivity index (χ3v) is 4.97. The first kappa shape index (κ1) is 21.9. The number of benzene rings is 2. The molecule has 160 valence electrons. The number of carbonyl (C=O) groups excluding carboxylic acids is 1. The van der Waals surface area contributed by atoms with Gasteiger partial charge in [-0.3, -0.25) is 19.7 Å². The van der Waals surface area contributed by atoms with Crippen LogP contribution in [0.25, 0.3) is 5.69 Å². The van der Waals surface area contributed by atoms with Gasteiger partial charge >= 0.3 is 0 Å². The normalized spacial score (nSPS) is 10.8. The zero-order valence-corrected chi connectivity index (χ0v) is 17.7. The van der Waals surface area contributed by atoms with Crippen LogP contribution in [-0.2, 0) is 6.42 Å². The van der Waals surface area contributed by atoms with Crippen molar-refractivity contribution >= 4 is 11.6 Å². The van der Waals surface area contributed by atoms with Crippen LogP contribution >= 0.6 is 0 Å². The van der Waals surface area contributed by atoms with E-state index in [1.807, 2.05) is 12.1 Å². The molecule has 0 unspecified atom stereocenters. The van der Waals surface area contributed by atoms with Crippen LogP contribution in [0, 0.1) is 17.0 Å². The molecule has 0 saturated heterocycles. The molecule has 0 aliphatic heterocycles. The number of nitro benzene ring substituents is 1. The second-order valence-electron chi connectivity index (χ2n) is 7.56. The number of hydrogen-bond acceptors (Lipinski definition) is 5. The van der Waals surface area contributed by atoms with Gasteiger partial charge in [0.25, 0.3) is 11.6 Å². The highest BCUT2D eigenvalue weighted by Crippen LogP contribution is 2.22. The van der Waals surface area contributed by atoms with E-state index in [1.165, 1.54) is 28.4 Å². The van der Waals surface area contributed by atoms with Gasteiger partial charge in [0.1, 0.15) is 5.69 Å². The minimum absolute atomic E-state index is 0.169. The van der Waals surface area contributed by atoms with Crippen molar-refractivity contribution < 1.29 is 9.72 Å². The first-order valence-electron chi connectivity index (χ1n) is 9.99. The number of nitrogens with zero attached hydrogens (tertiary/aromatic N) is 3. The lowest BCUT2D eigenvalue weighted by molar-refractivity contribution is -0.384. The summed E-state index contributed by atoms with van der Waals surface area (Å²) in [5, 5.41) is 18.2. The zero-order valence-electron chi connectivity index (χ0n) is 17.7. The third-order valence-electron chi connectivity index (χ3n) is 4.97. The molecule has 1 heterocycles. The summed E-state index contributed by atoms with van der Waals surface area (Å²) in [6.45, 7) is 6.19. The fraction of sp³-hybridized carbons (Fsp3) is 0.261. The van der Waals surface area contributed by atoms with Crippen LogP contribution in [-0.4, -0.2) is 27.2 Å². The molecule has 8 nitrogen and oxygen atoms in total. The van der Waals surface area contributed by atoms with Gasteiger partial charge in [-0.1, -0.05) is 50.2 Å². The Bertz CT molecular complexity index is 1170. The Labute approximate surface area is 179 Å². The van der Waals surface area contributed by atoms with E-state index in [4.69, 9.17) is 0 Å². The van der Waals surface area contributed by atoms with Crippen molar-refractivity contribution in [2.75, 3.05) is 6.54 Å². The smallest absolute Gasteiger partial charge is 0.294 e. The quantitative estimate of drug-likeness (QED) is 0.465. The molecule has 0 atom stereocenters. The maximum Gasteiger partial charge on any atom is 0.294 e. The van der Waals surface area contributed by atoms with Crippen LogP contribution < -0.4 is 10.7 Å². The number of rotatable bonds is 7. The topological polar surface area (TPSA) is 107 Å². The molecule has 8 heteroatoms. The summed E-state index contributed by atoms with van der Waals surface area (Å²) in [6.07, 6.45) is 0.605. The van der Waals surface area contributed by atoms with Gasteiger partial charge in [-0.25, -0.2) is 4.68 Å². The average molecular weight is 420 g/mol. The van der Waals surface area contributed by atoms with Crippen molar-refractivity contribution in [3.8, 4) is 5.69 Å². The minimum Gasteiger partial charge on any atom is -0.350 e. The largest absolute Gasteiger partial charge is 0.350 e. The second kappa shape index (κ2) is 9.34. The maximum absolute atomic E-state index is 12.6. The lowest BCUT2D eigenvalue weighted by Gasteiger charge is -2.12. The molecule has 2 aromatic carbocycles. The number of para-hydroxylation sites is 2. The van der Waals surface area contributed by atoms with Gasteiger partial charge in [0.2, 0.25) is 5.43 Å². The second-order valence-corrected chi connectivity index (χ2v) is 7.56. The summed E-state index contributed by atoms with van der Waals surface area (Å²) < 4.78 is 1.25. The molecule has 0 spiro atoms. The van der Waals surface area contributed by atoms with Gasteiger partial charge in [0.15, 0.2) is 5.69 Å². The number of nitrogens with one attached hydrogen (secondary N) is 1. The SMILES string of the molecule is Cc1cc(=O)c(C(=O)NCCc2ccc(C(C)C)cc2)nn1-c1ccccc1[N+](=O)[O-]. The Balaban J connectivity index is 1.78. The number of nitro groups is 1. The maximum atomic E-state index is 12.6. The van der Waals surface area contributed by atoms with Gasteiger partial charge in [-0.05, 0) is 36.5 Å². The number of hydrogen-bond donors (Lipinski definition) is 1. The summed E-state index contributed by atoms with van der Waals surface area (Å²) in [6, 6.07) is 15.5. The molecule has 1 N–H and O–H groups in total. The first-order chi connectivity index (χ1) is 14.8. The van der Waals surface area contributed by atoms with Crippen molar-refractivity contribution in [3.05, 3.63) is 97.4 Å². The summed E-state index contributed by atoms with van der Waals surface area (Å²) >= 11 is 0. The van der Waals surface area contributed by atoms with E-state index in [-0.39, 0.29) is 17.1 Å². The molecule has 31 heavy (non-hydrogen) atoms. The van der Waals surface area contributed by atoms with Crippen LogP contribution in [0.15, 0.2) is 59.4 Å². The predicted molar refractivity (Wildman–Crippen MR) is 118 cm³/mol. The molecule has 3 rings (SSSR count). The lowest BCUT2D eigenvalue weighted by Crippen LogP contribution is -2.33. The van der Waals surface area contributed by atoms with E-state index < -0.39 is 16.3 Å². The fourth-order valence-electron chi connectivity index (χ4n) is 3.22. The summed E-state index contributed by atoms with van der Waals surface area (Å²) in [5.41, 5.74) is 1.87. The molecule has 0 fully saturated rings. The predicted octanol–water partition coefficient (Wildman–Crippen LogP) is 3.55. The number of aromatic nitrogens is 2. The number of aryl methyl sites for hydroxylation is 1. The van der Waals surface area contributed by atoms with E-state index >= 15 is 0 Å². The van der Waals surface area contributed by atoms with E-state index in [0.29, 0.717) is 24.6 Å². The van der Waals surface area contributed by atoms with Crippen molar-refractivity contribution in [1.29, 1.82) is 0 Å². The van der Waals surface area contributed by atoms with Gasteiger partial charge in [-0.2, -0.15) is 5.10 Å². The van der Waals surface area contributed by atoms with Gasteiger partial charge in [0, 0.05) is 24.4 Å². The van der Waals surface area contributed by atoms with Gasteiger partial charge < -0.3 is 5.32 Å². The van der Waals surface area contributed by atoms with Crippen molar-refractivity contribution in [2.45, 2.75) is 33.1 Å². The molecule has 0 bridgehead atoms. The van der Waals surface area contributed by atoms with Crippen LogP contribution in [0.4, 0.5) is 5.69 Å². The molecule has 1 aromatic heterocycles. The Morgan fingerprint density at radius 2 is 1.84 bits per heavy atom. The third kappa shape index (κ3) is 5.03. The average Bonchev–Trinajstić information content (AvgIpc) is 2.74. The number of amides is 1. The Morgan fingerprint density at radius 1 is 1.16 bits per heavy atom. The standard InChI is InChI=1S/C23H24N4O4/c1-15(2)18-10-8-17(9-11-18)12-13-24-23(29)22-21(28)14-16(3)26(25-22)19-6-4-5-7-20(19)27(30)31/h4-11,14-15H,12-13H2,1-3H3,(H,24,29). The molecule has 1 amide bonds. The number of carbonyl (C=O) groups is 1. The van der Waals surface area contributed by atoms with E-state index in [2.05, 4.69) is 36.4 Å². The lowest BCUT2D eigenvalue weighted by atomic mass is 10.0. The molecule has 0 saturated carbocycles. The van der Waals surface area contributed by atoms with E-state index in [1.54, 1.807) is 19.1 Å². The summed E-state index contributed by atoms with van der Waals surface area (Å²) in [5.74, 6) is -0.167. The van der Waals surface area contributed by atoms with Crippen LogP contribution in [0.2, 0.25) is 0 Å². The molecule has 3 aromatic rings. The minimum atomic E-state index is -0.615. The zero-order chi connectivity index (χ0) is 22.5. The monoisotopic (exact) mass is 420 g/mol. The molecule has 0 radical (unpaired) electrons. The highest BCUT2D eigenvalue weighted by Gasteiger charge is 2.20. The van der Waals surface area contributed by atoms with E-state index in [0.717, 1.165) is 5.56 Å². The molecular weight excluding hydrogens is 396 g/mol. The van der Waals surface area contributed by atoms with Crippen molar-refractivity contribution in [2.24, 2.45) is 0 Å². The van der Waals surface area contributed by atoms with Gasteiger partial charge in [0.05, 0.1) is 4.92 Å². The Morgan fingerprint density at radius 3 is 2.48 bits per heavy atom. The van der Waals surface area contributed by atoms with Crippen molar-refractivity contribution in [1.82, 2.24) is 15.1 Å². The Kier molecular flexibility index (Phi) is 6.59. The molecular formula is C23H24N4O4. The summed E-state index contributed by atoms with van der Waals surface area (Å²) in [7, 11) is 0. The fourth-order valence-corrected chi connectivity index (χ4v) is 3.22. The highest BCUT2D eigenvalue weighted by atomic mass is 16.6. The summed E-state index contributed by atoms with van der Waals surface area (Å²) in [4.78, 5) is 35.8. The van der Waals surface area contributed by atoms with Crippen LogP contribution in [0.3, 0.4) is 0 Å². The van der Waals surface area contributed by atoms with Crippen LogP contribution in [0.5, 0.6) is 0 Å². The van der Waals surface area contributed by atoms with Crippen molar-refractivity contribution in [3.63, 3.8) is 0 Å². The first-order valence-corrected chi connectivity index (χ1v) is 9.99. The molecule has 0 aliphatic rings. The van der Waals surface area contributed by atoms with Crippen LogP contribution in [0.1, 0.15) is 47.1 Å². The Hall–Kier alpha value is -3.81. The highest BCUT2D eigenvalue weighted by molar-refractivity contribution is 5.92. The van der Waals surface area contributed by atoms with Gasteiger partial charge in [-0.15, -0.1) is 0 Å². The van der Waals surface area contributed by atoms with E-state index in [9.17, 15) is 19.7 Å². The molecule has 0 aliphatic carbocycles.